The molecular formula is C16H25N3O3S. The molecule has 0 heterocycles. The molecule has 1 fully saturated rings. The van der Waals surface area contributed by atoms with Crippen LogP contribution in [0.1, 0.15) is 49.7 Å². The van der Waals surface area contributed by atoms with Crippen LogP contribution in [0.25, 0.3) is 0 Å². The normalized spacial score (nSPS) is 16.6. The molecule has 1 aliphatic carbocycles. The number of hydrogen-bond acceptors (Lipinski definition) is 3. The summed E-state index contributed by atoms with van der Waals surface area (Å²) in [5.41, 5.74) is 1.65. The summed E-state index contributed by atoms with van der Waals surface area (Å²) in [6, 6.07) is 4.74. The number of urea groups is 1. The molecule has 4 N–H and O–H groups in total. The number of carbonyl (C=O) groups excluding carboxylic acids is 1. The van der Waals surface area contributed by atoms with Crippen molar-refractivity contribution >= 4 is 16.1 Å². The standard InChI is InChI=1S/C16H25N3O3S/c1-12-10-15(23(17,21)22)9-8-13(12)11-18-16(20)19-14-6-4-2-3-5-7-14/h8-10,14H,2-7,11H2,1H3,(H2,17,21,22)(H2,18,19,20). The molecular weight excluding hydrogens is 314 g/mol. The summed E-state index contributed by atoms with van der Waals surface area (Å²) in [6.07, 6.45) is 6.90. The Hall–Kier alpha value is -1.60. The largest absolute Gasteiger partial charge is 0.335 e. The van der Waals surface area contributed by atoms with E-state index in [9.17, 15) is 13.2 Å². The van der Waals surface area contributed by atoms with Crippen LogP contribution in [0, 0.1) is 6.92 Å². The van der Waals surface area contributed by atoms with Crippen LogP contribution in [-0.2, 0) is 16.6 Å². The molecule has 1 aromatic carbocycles. The molecule has 0 radical (unpaired) electrons. The Morgan fingerprint density at radius 1 is 1.22 bits per heavy atom. The molecule has 128 valence electrons. The number of primary sulfonamides is 1. The molecule has 0 aromatic heterocycles. The lowest BCUT2D eigenvalue weighted by atomic mass is 10.1. The van der Waals surface area contributed by atoms with Gasteiger partial charge in [0, 0.05) is 12.6 Å². The zero-order chi connectivity index (χ0) is 16.9. The highest BCUT2D eigenvalue weighted by molar-refractivity contribution is 7.89. The number of carbonyl (C=O) groups is 1. The molecule has 1 aliphatic rings. The van der Waals surface area contributed by atoms with Crippen LogP contribution >= 0.6 is 0 Å². The number of nitrogens with one attached hydrogen (secondary N) is 2. The molecule has 0 aliphatic heterocycles. The van der Waals surface area contributed by atoms with Crippen molar-refractivity contribution in [3.8, 4) is 0 Å². The molecule has 0 bridgehead atoms. The van der Waals surface area contributed by atoms with Gasteiger partial charge >= 0.3 is 6.03 Å². The van der Waals surface area contributed by atoms with Crippen LogP contribution < -0.4 is 15.8 Å². The van der Waals surface area contributed by atoms with Crippen LogP contribution in [0.5, 0.6) is 0 Å². The number of hydrogen-bond donors (Lipinski definition) is 3. The Kier molecular flexibility index (Phi) is 6.01. The molecule has 2 rings (SSSR count). The van der Waals surface area contributed by atoms with Crippen LogP contribution in [0.4, 0.5) is 4.79 Å². The summed E-state index contributed by atoms with van der Waals surface area (Å²) in [6.45, 7) is 2.16. The topological polar surface area (TPSA) is 101 Å². The quantitative estimate of drug-likeness (QED) is 0.733. The molecule has 6 nitrogen and oxygen atoms in total. The highest BCUT2D eigenvalue weighted by Crippen LogP contribution is 2.17. The lowest BCUT2D eigenvalue weighted by molar-refractivity contribution is 0.235. The average Bonchev–Trinajstić information content (AvgIpc) is 2.73. The smallest absolute Gasteiger partial charge is 0.315 e. The summed E-state index contributed by atoms with van der Waals surface area (Å²) in [7, 11) is -3.70. The van der Waals surface area contributed by atoms with Gasteiger partial charge in [0.2, 0.25) is 10.0 Å². The fraction of sp³-hybridized carbons (Fsp3) is 0.562. The zero-order valence-electron chi connectivity index (χ0n) is 13.5. The third kappa shape index (κ3) is 5.51. The van der Waals surface area contributed by atoms with E-state index in [2.05, 4.69) is 10.6 Å². The lowest BCUT2D eigenvalue weighted by Gasteiger charge is -2.17. The van der Waals surface area contributed by atoms with Crippen LogP contribution in [0.2, 0.25) is 0 Å². The average molecular weight is 339 g/mol. The summed E-state index contributed by atoms with van der Waals surface area (Å²) in [4.78, 5) is 12.1. The monoisotopic (exact) mass is 339 g/mol. The zero-order valence-corrected chi connectivity index (χ0v) is 14.3. The van der Waals surface area contributed by atoms with Crippen molar-refractivity contribution in [1.29, 1.82) is 0 Å². The van der Waals surface area contributed by atoms with Crippen LogP contribution in [-0.4, -0.2) is 20.5 Å². The summed E-state index contributed by atoms with van der Waals surface area (Å²) in [5.74, 6) is 0. The van der Waals surface area contributed by atoms with Gasteiger partial charge in [-0.3, -0.25) is 0 Å². The predicted molar refractivity (Wildman–Crippen MR) is 89.4 cm³/mol. The Morgan fingerprint density at radius 2 is 1.87 bits per heavy atom. The fourth-order valence-corrected chi connectivity index (χ4v) is 3.48. The lowest BCUT2D eigenvalue weighted by Crippen LogP contribution is -2.41. The first kappa shape index (κ1) is 17.7. The van der Waals surface area contributed by atoms with Gasteiger partial charge in [-0.1, -0.05) is 31.7 Å². The van der Waals surface area contributed by atoms with Gasteiger partial charge in [0.05, 0.1) is 4.90 Å². The number of sulfonamides is 1. The first-order chi connectivity index (χ1) is 10.9. The van der Waals surface area contributed by atoms with E-state index in [1.807, 2.05) is 0 Å². The van der Waals surface area contributed by atoms with E-state index < -0.39 is 10.0 Å². The molecule has 0 atom stereocenters. The number of amides is 2. The maximum absolute atomic E-state index is 12.0. The summed E-state index contributed by atoms with van der Waals surface area (Å²) in [5, 5.41) is 11.0. The van der Waals surface area contributed by atoms with Gasteiger partial charge in [-0.2, -0.15) is 0 Å². The second kappa shape index (κ2) is 7.79. The number of aryl methyl sites for hydroxylation is 1. The van der Waals surface area contributed by atoms with Gasteiger partial charge in [0.1, 0.15) is 0 Å². The molecule has 0 unspecified atom stereocenters. The third-order valence-electron chi connectivity index (χ3n) is 4.27. The molecule has 0 saturated heterocycles. The third-order valence-corrected chi connectivity index (χ3v) is 5.18. The van der Waals surface area contributed by atoms with E-state index in [4.69, 9.17) is 5.14 Å². The van der Waals surface area contributed by atoms with Gasteiger partial charge < -0.3 is 10.6 Å². The minimum Gasteiger partial charge on any atom is -0.335 e. The minimum absolute atomic E-state index is 0.0849. The van der Waals surface area contributed by atoms with E-state index in [0.717, 1.165) is 24.0 Å². The Morgan fingerprint density at radius 3 is 2.43 bits per heavy atom. The minimum atomic E-state index is -3.70. The molecule has 23 heavy (non-hydrogen) atoms. The maximum Gasteiger partial charge on any atom is 0.315 e. The number of rotatable bonds is 4. The van der Waals surface area contributed by atoms with Gasteiger partial charge in [-0.15, -0.1) is 0 Å². The second-order valence-corrected chi connectivity index (χ2v) is 7.71. The van der Waals surface area contributed by atoms with Crippen LogP contribution in [0.3, 0.4) is 0 Å². The maximum atomic E-state index is 12.0. The van der Waals surface area contributed by atoms with Crippen molar-refractivity contribution < 1.29 is 13.2 Å². The van der Waals surface area contributed by atoms with Crippen molar-refractivity contribution in [3.05, 3.63) is 29.3 Å². The number of benzene rings is 1. The summed E-state index contributed by atoms with van der Waals surface area (Å²) >= 11 is 0. The van der Waals surface area contributed by atoms with E-state index >= 15 is 0 Å². The van der Waals surface area contributed by atoms with E-state index in [-0.39, 0.29) is 17.0 Å². The van der Waals surface area contributed by atoms with Gasteiger partial charge in [-0.25, -0.2) is 18.4 Å². The van der Waals surface area contributed by atoms with Crippen molar-refractivity contribution in [2.24, 2.45) is 5.14 Å². The molecule has 7 heteroatoms. The highest BCUT2D eigenvalue weighted by atomic mass is 32.2. The summed E-state index contributed by atoms with van der Waals surface area (Å²) < 4.78 is 22.6. The van der Waals surface area contributed by atoms with Crippen LogP contribution in [0.15, 0.2) is 23.1 Å². The first-order valence-corrected chi connectivity index (χ1v) is 9.57. The van der Waals surface area contributed by atoms with Crippen molar-refractivity contribution in [2.75, 3.05) is 0 Å². The van der Waals surface area contributed by atoms with E-state index in [0.29, 0.717) is 6.54 Å². The predicted octanol–water partition coefficient (Wildman–Crippen LogP) is 2.16. The SMILES string of the molecule is Cc1cc(S(N)(=O)=O)ccc1CNC(=O)NC1CCCCCC1. The molecule has 1 saturated carbocycles. The van der Waals surface area contributed by atoms with Crippen molar-refractivity contribution in [1.82, 2.24) is 10.6 Å². The van der Waals surface area contributed by atoms with E-state index in [1.165, 1.54) is 37.8 Å². The Bertz CT molecular complexity index is 651. The molecule has 1 aromatic rings. The molecule has 2 amide bonds. The van der Waals surface area contributed by atoms with Gasteiger partial charge in [-0.05, 0) is 43.0 Å². The van der Waals surface area contributed by atoms with Crippen molar-refractivity contribution in [2.45, 2.75) is 62.9 Å². The van der Waals surface area contributed by atoms with E-state index in [1.54, 1.807) is 13.0 Å². The van der Waals surface area contributed by atoms with Gasteiger partial charge in [0.25, 0.3) is 0 Å². The van der Waals surface area contributed by atoms with Gasteiger partial charge in [0.15, 0.2) is 0 Å². The number of nitrogens with two attached hydrogens (primary N) is 1. The van der Waals surface area contributed by atoms with Crippen molar-refractivity contribution in [3.63, 3.8) is 0 Å². The first-order valence-electron chi connectivity index (χ1n) is 8.03. The fourth-order valence-electron chi connectivity index (χ4n) is 2.88. The second-order valence-electron chi connectivity index (χ2n) is 6.15. The highest BCUT2D eigenvalue weighted by Gasteiger charge is 2.15. The Balaban J connectivity index is 1.88. The molecule has 0 spiro atoms. The Labute approximate surface area is 137 Å².